The summed E-state index contributed by atoms with van der Waals surface area (Å²) in [5.41, 5.74) is 2.35. The lowest BCUT2D eigenvalue weighted by Crippen LogP contribution is -2.36. The van der Waals surface area contributed by atoms with Gasteiger partial charge >= 0.3 is 6.18 Å². The number of carbonyl (C=O) groups excluding carboxylic acids is 1. The summed E-state index contributed by atoms with van der Waals surface area (Å²) in [6, 6.07) is 17.0. The van der Waals surface area contributed by atoms with Gasteiger partial charge in [-0.1, -0.05) is 30.3 Å². The minimum atomic E-state index is -4.29. The number of likely N-dealkylation sites (tertiary alicyclic amines) is 1. The Balaban J connectivity index is 1.69. The predicted molar refractivity (Wildman–Crippen MR) is 114 cm³/mol. The van der Waals surface area contributed by atoms with Crippen LogP contribution in [0, 0.1) is 0 Å². The third-order valence-corrected chi connectivity index (χ3v) is 5.56. The number of nitrogens with zero attached hydrogens (tertiary/aromatic N) is 2. The standard InChI is InChI=1S/C23H28F3N3O2/c1-28(19-9-7-18(8-10-19)22(31)27-13-12-23(24,25)26)21(17-5-3-2-4-6-17)16-29-14-11-20(30)15-29/h2-10,20-21,30H,11-16H2,1H3,(H,27,31). The van der Waals surface area contributed by atoms with Crippen molar-refractivity contribution in [3.63, 3.8) is 0 Å². The van der Waals surface area contributed by atoms with Crippen LogP contribution in [0.4, 0.5) is 18.9 Å². The summed E-state index contributed by atoms with van der Waals surface area (Å²) in [7, 11) is 1.97. The first-order chi connectivity index (χ1) is 14.7. The number of amides is 1. The molecular formula is C23H28F3N3O2. The number of rotatable bonds is 8. The highest BCUT2D eigenvalue weighted by molar-refractivity contribution is 5.94. The Morgan fingerprint density at radius 1 is 1.19 bits per heavy atom. The predicted octanol–water partition coefficient (Wildman–Crippen LogP) is 3.61. The van der Waals surface area contributed by atoms with Crippen LogP contribution in [-0.2, 0) is 0 Å². The van der Waals surface area contributed by atoms with Gasteiger partial charge in [-0.25, -0.2) is 0 Å². The first-order valence-corrected chi connectivity index (χ1v) is 10.4. The van der Waals surface area contributed by atoms with E-state index in [0.29, 0.717) is 12.1 Å². The highest BCUT2D eigenvalue weighted by Gasteiger charge is 2.27. The number of alkyl halides is 3. The fourth-order valence-corrected chi connectivity index (χ4v) is 3.80. The Hall–Kier alpha value is -2.58. The van der Waals surface area contributed by atoms with Crippen LogP contribution in [0.5, 0.6) is 0 Å². The second-order valence-corrected chi connectivity index (χ2v) is 7.91. The number of aliphatic hydroxyl groups is 1. The van der Waals surface area contributed by atoms with E-state index in [1.807, 2.05) is 25.2 Å². The van der Waals surface area contributed by atoms with E-state index in [-0.39, 0.29) is 12.1 Å². The number of likely N-dealkylation sites (N-methyl/N-ethyl adjacent to an activating group) is 1. The first-order valence-electron chi connectivity index (χ1n) is 10.4. The quantitative estimate of drug-likeness (QED) is 0.665. The van der Waals surface area contributed by atoms with Gasteiger partial charge in [0.1, 0.15) is 0 Å². The van der Waals surface area contributed by atoms with Gasteiger partial charge in [0.25, 0.3) is 5.91 Å². The molecule has 0 saturated carbocycles. The van der Waals surface area contributed by atoms with E-state index in [1.165, 1.54) is 0 Å². The van der Waals surface area contributed by atoms with E-state index in [0.717, 1.165) is 30.8 Å². The van der Waals surface area contributed by atoms with Gasteiger partial charge in [0.05, 0.1) is 18.6 Å². The monoisotopic (exact) mass is 435 g/mol. The van der Waals surface area contributed by atoms with Crippen LogP contribution in [0.3, 0.4) is 0 Å². The van der Waals surface area contributed by atoms with E-state index in [4.69, 9.17) is 0 Å². The molecule has 1 heterocycles. The lowest BCUT2D eigenvalue weighted by atomic mass is 10.0. The zero-order valence-corrected chi connectivity index (χ0v) is 17.5. The Morgan fingerprint density at radius 3 is 2.45 bits per heavy atom. The molecule has 1 aliphatic heterocycles. The van der Waals surface area contributed by atoms with Crippen molar-refractivity contribution in [2.24, 2.45) is 0 Å². The number of aliphatic hydroxyl groups excluding tert-OH is 1. The van der Waals surface area contributed by atoms with Crippen molar-refractivity contribution in [3.8, 4) is 0 Å². The Morgan fingerprint density at radius 2 is 1.87 bits per heavy atom. The van der Waals surface area contributed by atoms with Crippen LogP contribution in [0.2, 0.25) is 0 Å². The molecule has 0 aromatic heterocycles. The molecule has 168 valence electrons. The normalized spacial score (nSPS) is 18.0. The summed E-state index contributed by atoms with van der Waals surface area (Å²) < 4.78 is 36.8. The zero-order valence-electron chi connectivity index (χ0n) is 17.5. The molecule has 1 aliphatic rings. The topological polar surface area (TPSA) is 55.8 Å². The van der Waals surface area contributed by atoms with Gasteiger partial charge in [0.2, 0.25) is 0 Å². The molecule has 3 rings (SSSR count). The van der Waals surface area contributed by atoms with Gasteiger partial charge in [-0.2, -0.15) is 13.2 Å². The van der Waals surface area contributed by atoms with Crippen LogP contribution < -0.4 is 10.2 Å². The van der Waals surface area contributed by atoms with Gasteiger partial charge in [-0.3, -0.25) is 9.69 Å². The molecule has 5 nitrogen and oxygen atoms in total. The maximum Gasteiger partial charge on any atom is 0.390 e. The average Bonchev–Trinajstić information content (AvgIpc) is 3.16. The van der Waals surface area contributed by atoms with E-state index in [1.54, 1.807) is 24.3 Å². The smallest absolute Gasteiger partial charge is 0.390 e. The molecule has 2 aromatic rings. The molecule has 2 aromatic carbocycles. The van der Waals surface area contributed by atoms with Crippen LogP contribution in [-0.4, -0.2) is 61.4 Å². The highest BCUT2D eigenvalue weighted by Crippen LogP contribution is 2.28. The summed E-state index contributed by atoms with van der Waals surface area (Å²) in [5.74, 6) is -0.524. The van der Waals surface area contributed by atoms with Crippen molar-refractivity contribution in [1.82, 2.24) is 10.2 Å². The average molecular weight is 435 g/mol. The Bertz CT molecular complexity index is 843. The van der Waals surface area contributed by atoms with E-state index in [9.17, 15) is 23.1 Å². The van der Waals surface area contributed by atoms with Crippen molar-refractivity contribution in [3.05, 3.63) is 65.7 Å². The number of carbonyl (C=O) groups is 1. The molecule has 2 unspecified atom stereocenters. The van der Waals surface area contributed by atoms with E-state index < -0.39 is 25.0 Å². The second-order valence-electron chi connectivity index (χ2n) is 7.91. The minimum Gasteiger partial charge on any atom is -0.392 e. The van der Waals surface area contributed by atoms with Crippen molar-refractivity contribution in [1.29, 1.82) is 0 Å². The minimum absolute atomic E-state index is 0.0398. The molecule has 1 fully saturated rings. The Kier molecular flexibility index (Phi) is 7.56. The van der Waals surface area contributed by atoms with Crippen LogP contribution in [0.1, 0.15) is 34.8 Å². The highest BCUT2D eigenvalue weighted by atomic mass is 19.4. The second kappa shape index (κ2) is 10.2. The third-order valence-electron chi connectivity index (χ3n) is 5.56. The maximum atomic E-state index is 12.3. The molecule has 31 heavy (non-hydrogen) atoms. The van der Waals surface area contributed by atoms with Crippen molar-refractivity contribution >= 4 is 11.6 Å². The number of halogens is 3. The molecule has 1 amide bonds. The number of anilines is 1. The van der Waals surface area contributed by atoms with Gasteiger partial charge in [-0.05, 0) is 36.2 Å². The summed E-state index contributed by atoms with van der Waals surface area (Å²) in [6.45, 7) is 1.79. The molecule has 2 atom stereocenters. The fraction of sp³-hybridized carbons (Fsp3) is 0.435. The maximum absolute atomic E-state index is 12.3. The van der Waals surface area contributed by atoms with Crippen LogP contribution in [0.25, 0.3) is 0 Å². The molecule has 1 saturated heterocycles. The number of β-amino-alcohol motifs (C(OH)–C–C–N with tert-alkyl or cyclic N) is 1. The number of hydrogen-bond donors (Lipinski definition) is 2. The lowest BCUT2D eigenvalue weighted by Gasteiger charge is -2.33. The number of benzene rings is 2. The van der Waals surface area contributed by atoms with Crippen LogP contribution >= 0.6 is 0 Å². The SMILES string of the molecule is CN(c1ccc(C(=O)NCCC(F)(F)F)cc1)C(CN1CCC(O)C1)c1ccccc1. The summed E-state index contributed by atoms with van der Waals surface area (Å²) in [4.78, 5) is 16.5. The van der Waals surface area contributed by atoms with Crippen molar-refractivity contribution in [2.75, 3.05) is 38.1 Å². The third kappa shape index (κ3) is 6.70. The molecule has 2 N–H and O–H groups in total. The molecule has 0 aliphatic carbocycles. The number of hydrogen-bond acceptors (Lipinski definition) is 4. The van der Waals surface area contributed by atoms with Crippen LogP contribution in [0.15, 0.2) is 54.6 Å². The van der Waals surface area contributed by atoms with E-state index in [2.05, 4.69) is 27.2 Å². The molecule has 8 heteroatoms. The Labute approximate surface area is 180 Å². The summed E-state index contributed by atoms with van der Waals surface area (Å²) in [5, 5.41) is 12.2. The summed E-state index contributed by atoms with van der Waals surface area (Å²) in [6.07, 6.45) is -4.87. The van der Waals surface area contributed by atoms with Crippen molar-refractivity contribution in [2.45, 2.75) is 31.2 Å². The van der Waals surface area contributed by atoms with Gasteiger partial charge in [0.15, 0.2) is 0 Å². The largest absolute Gasteiger partial charge is 0.392 e. The molecule has 0 radical (unpaired) electrons. The first kappa shape index (κ1) is 23.1. The lowest BCUT2D eigenvalue weighted by molar-refractivity contribution is -0.132. The number of nitrogens with one attached hydrogen (secondary N) is 1. The summed E-state index contributed by atoms with van der Waals surface area (Å²) >= 11 is 0. The van der Waals surface area contributed by atoms with Gasteiger partial charge in [-0.15, -0.1) is 0 Å². The molecule has 0 spiro atoms. The fourth-order valence-electron chi connectivity index (χ4n) is 3.80. The molecule has 0 bridgehead atoms. The van der Waals surface area contributed by atoms with Gasteiger partial charge < -0.3 is 15.3 Å². The van der Waals surface area contributed by atoms with E-state index >= 15 is 0 Å². The van der Waals surface area contributed by atoms with Gasteiger partial charge in [0, 0.05) is 44.5 Å². The zero-order chi connectivity index (χ0) is 22.4. The van der Waals surface area contributed by atoms with Crippen molar-refractivity contribution < 1.29 is 23.1 Å². The molecular weight excluding hydrogens is 407 g/mol.